The molecule has 1 amide bonds. The van der Waals surface area contributed by atoms with Gasteiger partial charge in [-0.2, -0.15) is 0 Å². The number of halogens is 1. The standard InChI is InChI=1S/C22H23ClN4O5S/c1-13(2)32-9-3-8-26-21(29)17-7-6-16(23)11-18(17)25-22(26)33-12-15-5-4-14(20(24)28)10-19(15)27(30)31/h4-7,10-11,13H,3,8-9,12H2,1-2H3,(H2,24,28). The van der Waals surface area contributed by atoms with Crippen molar-refractivity contribution in [3.8, 4) is 0 Å². The number of aromatic nitrogens is 2. The zero-order valence-corrected chi connectivity index (χ0v) is 19.7. The second-order valence-electron chi connectivity index (χ2n) is 7.54. The number of nitrogens with two attached hydrogens (primary N) is 1. The third kappa shape index (κ3) is 6.10. The first-order valence-electron chi connectivity index (χ1n) is 10.2. The second-order valence-corrected chi connectivity index (χ2v) is 8.92. The van der Waals surface area contributed by atoms with E-state index in [0.29, 0.717) is 46.2 Å². The van der Waals surface area contributed by atoms with E-state index in [2.05, 4.69) is 4.98 Å². The van der Waals surface area contributed by atoms with E-state index in [1.54, 1.807) is 22.8 Å². The van der Waals surface area contributed by atoms with Gasteiger partial charge >= 0.3 is 0 Å². The number of carbonyl (C=O) groups is 1. The number of benzene rings is 2. The third-order valence-electron chi connectivity index (χ3n) is 4.78. The van der Waals surface area contributed by atoms with Crippen molar-refractivity contribution in [3.63, 3.8) is 0 Å². The summed E-state index contributed by atoms with van der Waals surface area (Å²) in [5.74, 6) is -0.584. The van der Waals surface area contributed by atoms with Crippen LogP contribution in [0.25, 0.3) is 10.9 Å². The number of fused-ring (bicyclic) bond motifs is 1. The highest BCUT2D eigenvalue weighted by Gasteiger charge is 2.19. The Kier molecular flexibility index (Phi) is 8.06. The Labute approximate surface area is 199 Å². The second kappa shape index (κ2) is 10.8. The first-order valence-corrected chi connectivity index (χ1v) is 11.6. The minimum atomic E-state index is -0.747. The van der Waals surface area contributed by atoms with Crippen molar-refractivity contribution in [1.82, 2.24) is 9.55 Å². The number of rotatable bonds is 10. The normalized spacial score (nSPS) is 11.3. The molecule has 0 atom stereocenters. The summed E-state index contributed by atoms with van der Waals surface area (Å²) in [6, 6.07) is 8.96. The fourth-order valence-corrected chi connectivity index (χ4v) is 4.36. The van der Waals surface area contributed by atoms with Gasteiger partial charge in [-0.25, -0.2) is 4.98 Å². The molecule has 2 aromatic carbocycles. The van der Waals surface area contributed by atoms with Crippen molar-refractivity contribution < 1.29 is 14.5 Å². The van der Waals surface area contributed by atoms with Gasteiger partial charge in [0, 0.05) is 41.1 Å². The molecule has 0 bridgehead atoms. The Hall–Kier alpha value is -2.95. The van der Waals surface area contributed by atoms with Gasteiger partial charge in [-0.15, -0.1) is 0 Å². The van der Waals surface area contributed by atoms with Gasteiger partial charge in [0.2, 0.25) is 5.91 Å². The zero-order valence-electron chi connectivity index (χ0n) is 18.1. The summed E-state index contributed by atoms with van der Waals surface area (Å²) >= 11 is 7.27. The number of hydrogen-bond acceptors (Lipinski definition) is 7. The van der Waals surface area contributed by atoms with Crippen LogP contribution in [-0.4, -0.2) is 33.1 Å². The summed E-state index contributed by atoms with van der Waals surface area (Å²) < 4.78 is 7.13. The predicted molar refractivity (Wildman–Crippen MR) is 128 cm³/mol. The fourth-order valence-electron chi connectivity index (χ4n) is 3.17. The number of ether oxygens (including phenoxy) is 1. The van der Waals surface area contributed by atoms with Crippen molar-refractivity contribution in [2.24, 2.45) is 5.73 Å². The molecule has 3 aromatic rings. The van der Waals surface area contributed by atoms with Gasteiger partial charge in [0.25, 0.3) is 11.2 Å². The number of primary amides is 1. The Morgan fingerprint density at radius 3 is 2.73 bits per heavy atom. The minimum Gasteiger partial charge on any atom is -0.379 e. The number of hydrogen-bond donors (Lipinski definition) is 1. The minimum absolute atomic E-state index is 0.0518. The van der Waals surface area contributed by atoms with Crippen LogP contribution in [0.15, 0.2) is 46.3 Å². The molecular weight excluding hydrogens is 468 g/mol. The molecule has 9 nitrogen and oxygen atoms in total. The Bertz CT molecular complexity index is 1260. The van der Waals surface area contributed by atoms with Crippen LogP contribution in [0.2, 0.25) is 5.02 Å². The van der Waals surface area contributed by atoms with Crippen molar-refractivity contribution in [1.29, 1.82) is 0 Å². The van der Waals surface area contributed by atoms with E-state index in [4.69, 9.17) is 22.1 Å². The first kappa shape index (κ1) is 24.7. The summed E-state index contributed by atoms with van der Waals surface area (Å²) in [6.45, 7) is 4.73. The van der Waals surface area contributed by atoms with E-state index >= 15 is 0 Å². The van der Waals surface area contributed by atoms with Crippen LogP contribution < -0.4 is 11.3 Å². The Morgan fingerprint density at radius 2 is 2.06 bits per heavy atom. The molecule has 0 aliphatic heterocycles. The number of thioether (sulfide) groups is 1. The van der Waals surface area contributed by atoms with Crippen LogP contribution in [0.4, 0.5) is 5.69 Å². The lowest BCUT2D eigenvalue weighted by Gasteiger charge is -2.14. The van der Waals surface area contributed by atoms with Gasteiger partial charge in [-0.05, 0) is 44.5 Å². The summed E-state index contributed by atoms with van der Waals surface area (Å²) in [5.41, 5.74) is 5.68. The van der Waals surface area contributed by atoms with Gasteiger partial charge in [-0.1, -0.05) is 29.4 Å². The maximum Gasteiger partial charge on any atom is 0.274 e. The number of amides is 1. The molecule has 0 radical (unpaired) electrons. The number of nitro benzene ring substituents is 1. The van der Waals surface area contributed by atoms with E-state index < -0.39 is 10.8 Å². The topological polar surface area (TPSA) is 130 Å². The molecule has 0 fully saturated rings. The summed E-state index contributed by atoms with van der Waals surface area (Å²) in [7, 11) is 0. The molecule has 0 aliphatic carbocycles. The number of nitrogens with zero attached hydrogens (tertiary/aromatic N) is 3. The molecule has 3 rings (SSSR count). The molecule has 0 spiro atoms. The van der Waals surface area contributed by atoms with Gasteiger partial charge in [0.15, 0.2) is 5.16 Å². The highest BCUT2D eigenvalue weighted by molar-refractivity contribution is 7.98. The number of nitro groups is 1. The molecular formula is C22H23ClN4O5S. The largest absolute Gasteiger partial charge is 0.379 e. The highest BCUT2D eigenvalue weighted by atomic mass is 35.5. The molecule has 33 heavy (non-hydrogen) atoms. The quantitative estimate of drug-likeness (QED) is 0.148. The molecule has 1 heterocycles. The molecule has 11 heteroatoms. The van der Waals surface area contributed by atoms with Crippen LogP contribution in [0, 0.1) is 10.1 Å². The molecule has 174 valence electrons. The monoisotopic (exact) mass is 490 g/mol. The van der Waals surface area contributed by atoms with Crippen molar-refractivity contribution in [2.75, 3.05) is 6.61 Å². The van der Waals surface area contributed by atoms with Crippen LogP contribution >= 0.6 is 23.4 Å². The van der Waals surface area contributed by atoms with E-state index in [-0.39, 0.29) is 28.7 Å². The van der Waals surface area contributed by atoms with Gasteiger partial charge in [0.05, 0.1) is 21.9 Å². The van der Waals surface area contributed by atoms with Crippen molar-refractivity contribution >= 4 is 45.9 Å². The lowest BCUT2D eigenvalue weighted by Crippen LogP contribution is -2.24. The maximum absolute atomic E-state index is 13.2. The maximum atomic E-state index is 13.2. The van der Waals surface area contributed by atoms with Gasteiger partial charge in [0.1, 0.15) is 0 Å². The van der Waals surface area contributed by atoms with E-state index in [9.17, 15) is 19.7 Å². The van der Waals surface area contributed by atoms with Crippen LogP contribution in [0.1, 0.15) is 36.2 Å². The molecule has 0 aliphatic rings. The third-order valence-corrected chi connectivity index (χ3v) is 6.04. The highest BCUT2D eigenvalue weighted by Crippen LogP contribution is 2.29. The smallest absolute Gasteiger partial charge is 0.274 e. The van der Waals surface area contributed by atoms with Crippen molar-refractivity contribution in [3.05, 3.63) is 73.0 Å². The van der Waals surface area contributed by atoms with E-state index in [1.165, 1.54) is 23.9 Å². The predicted octanol–water partition coefficient (Wildman–Crippen LogP) is 4.16. The Morgan fingerprint density at radius 1 is 1.30 bits per heavy atom. The summed E-state index contributed by atoms with van der Waals surface area (Å²) in [5, 5.41) is 12.8. The molecule has 1 aromatic heterocycles. The lowest BCUT2D eigenvalue weighted by atomic mass is 10.1. The van der Waals surface area contributed by atoms with Crippen LogP contribution in [0.5, 0.6) is 0 Å². The molecule has 2 N–H and O–H groups in total. The van der Waals surface area contributed by atoms with E-state index in [1.807, 2.05) is 13.8 Å². The average Bonchev–Trinajstić information content (AvgIpc) is 2.75. The first-order chi connectivity index (χ1) is 15.7. The van der Waals surface area contributed by atoms with Gasteiger partial charge < -0.3 is 10.5 Å². The summed E-state index contributed by atoms with van der Waals surface area (Å²) in [4.78, 5) is 40.1. The van der Waals surface area contributed by atoms with Crippen LogP contribution in [-0.2, 0) is 17.0 Å². The molecule has 0 saturated heterocycles. The molecule has 0 unspecified atom stereocenters. The zero-order chi connectivity index (χ0) is 24.1. The lowest BCUT2D eigenvalue weighted by molar-refractivity contribution is -0.385. The van der Waals surface area contributed by atoms with Crippen molar-refractivity contribution in [2.45, 2.75) is 43.8 Å². The van der Waals surface area contributed by atoms with Crippen LogP contribution in [0.3, 0.4) is 0 Å². The average molecular weight is 491 g/mol. The van der Waals surface area contributed by atoms with Gasteiger partial charge in [-0.3, -0.25) is 24.3 Å². The summed E-state index contributed by atoms with van der Waals surface area (Å²) in [6.07, 6.45) is 0.677. The Balaban J connectivity index is 1.95. The molecule has 0 saturated carbocycles. The SMILES string of the molecule is CC(C)OCCCn1c(SCc2ccc(C(N)=O)cc2[N+](=O)[O-])nc2cc(Cl)ccc2c1=O. The number of carbonyl (C=O) groups excluding carboxylic acids is 1. The van der Waals surface area contributed by atoms with E-state index in [0.717, 1.165) is 6.07 Å². The fraction of sp³-hybridized carbons (Fsp3) is 0.318.